The molecular formula is C47H60N12O7. The quantitative estimate of drug-likeness (QED) is 0.0762. The number of hydrogen-bond acceptors (Lipinski definition) is 14. The van der Waals surface area contributed by atoms with Crippen molar-refractivity contribution in [2.45, 2.75) is 70.1 Å². The van der Waals surface area contributed by atoms with Crippen LogP contribution in [0.15, 0.2) is 66.7 Å². The second kappa shape index (κ2) is 22.1. The van der Waals surface area contributed by atoms with Crippen LogP contribution in [-0.2, 0) is 31.0 Å². The highest BCUT2D eigenvalue weighted by atomic mass is 16.5. The van der Waals surface area contributed by atoms with Crippen LogP contribution in [-0.4, -0.2) is 104 Å². The van der Waals surface area contributed by atoms with Crippen molar-refractivity contribution >= 4 is 41.0 Å². The molecule has 1 aliphatic heterocycles. The van der Waals surface area contributed by atoms with E-state index in [2.05, 4.69) is 47.0 Å². The zero-order chi connectivity index (χ0) is 48.3. The monoisotopic (exact) mass is 904 g/mol. The number of nitriles is 1. The number of nitrogens with one attached hydrogen (secondary N) is 4. The fourth-order valence-corrected chi connectivity index (χ4v) is 7.48. The van der Waals surface area contributed by atoms with Crippen LogP contribution in [0.1, 0.15) is 67.2 Å². The molecule has 66 heavy (non-hydrogen) atoms. The van der Waals surface area contributed by atoms with Crippen LogP contribution in [0.2, 0.25) is 0 Å². The number of benzene rings is 3. The van der Waals surface area contributed by atoms with Crippen molar-refractivity contribution in [1.82, 2.24) is 31.2 Å². The summed E-state index contributed by atoms with van der Waals surface area (Å²) in [6.45, 7) is 7.99. The number of rotatable bonds is 15. The van der Waals surface area contributed by atoms with E-state index in [1.165, 1.54) is 20.0 Å². The number of amides is 5. The number of likely N-dealkylation sites (N-methyl/N-ethyl adjacent to an activating group) is 1. The Morgan fingerprint density at radius 1 is 0.894 bits per heavy atom. The average molecular weight is 905 g/mol. The minimum absolute atomic E-state index is 0.0103. The summed E-state index contributed by atoms with van der Waals surface area (Å²) in [6.07, 6.45) is -0.0713. The summed E-state index contributed by atoms with van der Waals surface area (Å²) < 4.78 is 12.2. The van der Waals surface area contributed by atoms with E-state index in [1.807, 2.05) is 30.3 Å². The molecule has 0 unspecified atom stereocenters. The first kappa shape index (κ1) is 49.7. The van der Waals surface area contributed by atoms with Crippen LogP contribution in [0.5, 0.6) is 11.5 Å². The lowest BCUT2D eigenvalue weighted by atomic mass is 9.86. The average Bonchev–Trinajstić information content (AvgIpc) is 3.28. The number of pyridine rings is 1. The molecule has 0 saturated heterocycles. The first-order valence-corrected chi connectivity index (χ1v) is 21.5. The molecule has 350 valence electrons. The highest BCUT2D eigenvalue weighted by Crippen LogP contribution is 2.40. The molecule has 0 radical (unpaired) electrons. The highest BCUT2D eigenvalue weighted by Gasteiger charge is 2.36. The number of anilines is 2. The Hall–Kier alpha value is -7.27. The highest BCUT2D eigenvalue weighted by molar-refractivity contribution is 6.06. The van der Waals surface area contributed by atoms with Gasteiger partial charge in [-0.05, 0) is 72.3 Å². The lowest BCUT2D eigenvalue weighted by Crippen LogP contribution is -2.56. The molecule has 0 saturated carbocycles. The standard InChI is InChI=1S/C47H60N12O7/c1-26-42(60)58-36(43(61)54-19-16-49)23-27-6-12-37(65-20-17-50)31(22-27)32-24-29(9-13-38(32)66-21-18-51)40(45(63)55-26)59(5)46(64)34(14-15-48)57-44(62)39-33(52)25-35(56-41(39)53)28-7-10-30(11-8-28)47(2,3)4/h6-13,22,24-26,34,36,40H,14-15,17-21,23,48,50-51H2,1-5H3,(H,54,61)(H,55,63)(H,57,62)(H,58,60)(H4,52,53,56)/t26-,34-,36-,40-/m0/s1. The van der Waals surface area contributed by atoms with Crippen LogP contribution in [0.25, 0.3) is 22.4 Å². The number of nitrogen functional groups attached to an aromatic ring is 2. The molecular weight excluding hydrogens is 845 g/mol. The molecule has 0 fully saturated rings. The van der Waals surface area contributed by atoms with E-state index < -0.39 is 53.7 Å². The number of carbonyl (C=O) groups excluding carboxylic acids is 5. The van der Waals surface area contributed by atoms with Gasteiger partial charge < -0.3 is 64.3 Å². The van der Waals surface area contributed by atoms with Gasteiger partial charge >= 0.3 is 0 Å². The number of carbonyl (C=O) groups is 5. The number of fused-ring (bicyclic) bond motifs is 5. The predicted octanol–water partition coefficient (Wildman–Crippen LogP) is 1.38. The molecule has 14 N–H and O–H groups in total. The second-order valence-corrected chi connectivity index (χ2v) is 16.9. The smallest absolute Gasteiger partial charge is 0.257 e. The molecule has 5 rings (SSSR count). The maximum atomic E-state index is 14.7. The van der Waals surface area contributed by atoms with Gasteiger partial charge in [0.2, 0.25) is 23.6 Å². The number of hydrogen-bond donors (Lipinski definition) is 9. The summed E-state index contributed by atoms with van der Waals surface area (Å²) >= 11 is 0. The van der Waals surface area contributed by atoms with Gasteiger partial charge in [0.15, 0.2) is 0 Å². The Bertz CT molecular complexity index is 2440. The zero-order valence-electron chi connectivity index (χ0n) is 37.9. The third-order valence-corrected chi connectivity index (χ3v) is 11.0. The lowest BCUT2D eigenvalue weighted by molar-refractivity contribution is -0.141. The Labute approximate surface area is 384 Å². The molecule has 2 heterocycles. The van der Waals surface area contributed by atoms with Gasteiger partial charge in [0.25, 0.3) is 5.91 Å². The number of ether oxygens (including phenoxy) is 2. The first-order chi connectivity index (χ1) is 31.4. The van der Waals surface area contributed by atoms with Crippen molar-refractivity contribution in [2.75, 3.05) is 57.9 Å². The van der Waals surface area contributed by atoms with E-state index in [1.54, 1.807) is 36.4 Å². The van der Waals surface area contributed by atoms with Crippen molar-refractivity contribution in [3.8, 4) is 40.0 Å². The van der Waals surface area contributed by atoms with Crippen LogP contribution in [0.3, 0.4) is 0 Å². The summed E-state index contributed by atoms with van der Waals surface area (Å²) in [4.78, 5) is 75.9. The first-order valence-electron chi connectivity index (χ1n) is 21.5. The van der Waals surface area contributed by atoms with Crippen molar-refractivity contribution in [3.63, 3.8) is 0 Å². The maximum Gasteiger partial charge on any atom is 0.257 e. The maximum absolute atomic E-state index is 14.7. The minimum atomic E-state index is -1.44. The SMILES string of the molecule is C[C@@H]1NC(=O)[C@@H](N(C)C(=O)[C@H](CCN)NC(=O)c2c(N)cc(-c3ccc(C(C)(C)C)cc3)nc2N)c2ccc(OCCN)c(c2)-c2cc(ccc2OCCN)C[C@@H](C(=O)NCC#N)NC1=O. The van der Waals surface area contributed by atoms with E-state index in [4.69, 9.17) is 43.4 Å². The second-order valence-electron chi connectivity index (χ2n) is 16.9. The summed E-state index contributed by atoms with van der Waals surface area (Å²) in [6, 6.07) is 16.0. The molecule has 19 nitrogen and oxygen atoms in total. The van der Waals surface area contributed by atoms with Gasteiger partial charge in [-0.15, -0.1) is 0 Å². The van der Waals surface area contributed by atoms with E-state index in [-0.39, 0.29) is 80.3 Å². The van der Waals surface area contributed by atoms with Gasteiger partial charge in [0.05, 0.1) is 17.5 Å². The Kier molecular flexibility index (Phi) is 16.6. The minimum Gasteiger partial charge on any atom is -0.492 e. The largest absolute Gasteiger partial charge is 0.492 e. The molecule has 5 amide bonds. The van der Waals surface area contributed by atoms with Crippen molar-refractivity contribution in [3.05, 3.63) is 89.0 Å². The molecule has 0 spiro atoms. The number of nitrogens with two attached hydrogens (primary N) is 5. The van der Waals surface area contributed by atoms with Crippen molar-refractivity contribution in [2.24, 2.45) is 17.2 Å². The van der Waals surface area contributed by atoms with E-state index >= 15 is 0 Å². The Morgan fingerprint density at radius 3 is 2.12 bits per heavy atom. The third-order valence-electron chi connectivity index (χ3n) is 11.0. The molecule has 4 atom stereocenters. The van der Waals surface area contributed by atoms with E-state index in [0.29, 0.717) is 33.9 Å². The van der Waals surface area contributed by atoms with Crippen LogP contribution in [0, 0.1) is 11.3 Å². The predicted molar refractivity (Wildman–Crippen MR) is 250 cm³/mol. The fraction of sp³-hybridized carbons (Fsp3) is 0.383. The number of aromatic nitrogens is 1. The topological polar surface area (TPSA) is 322 Å². The molecule has 0 aliphatic carbocycles. The Balaban J connectivity index is 1.57. The fourth-order valence-electron chi connectivity index (χ4n) is 7.48. The molecule has 3 aromatic carbocycles. The molecule has 4 aromatic rings. The van der Waals surface area contributed by atoms with Gasteiger partial charge in [0.1, 0.15) is 66.8 Å². The summed E-state index contributed by atoms with van der Waals surface area (Å²) in [5.41, 5.74) is 34.3. The number of nitrogens with zero attached hydrogens (tertiary/aromatic N) is 3. The van der Waals surface area contributed by atoms with Crippen molar-refractivity contribution in [1.29, 1.82) is 5.26 Å². The zero-order valence-corrected chi connectivity index (χ0v) is 37.9. The molecule has 1 aromatic heterocycles. The molecule has 19 heteroatoms. The summed E-state index contributed by atoms with van der Waals surface area (Å²) in [5, 5.41) is 19.7. The molecule has 4 bridgehead atoms. The third kappa shape index (κ3) is 11.9. The van der Waals surface area contributed by atoms with Gasteiger partial charge in [-0.2, -0.15) is 5.26 Å². The van der Waals surface area contributed by atoms with Gasteiger partial charge in [-0.1, -0.05) is 57.2 Å². The summed E-state index contributed by atoms with van der Waals surface area (Å²) in [7, 11) is 1.38. The van der Waals surface area contributed by atoms with Gasteiger partial charge in [-0.25, -0.2) is 4.98 Å². The van der Waals surface area contributed by atoms with Crippen LogP contribution < -0.4 is 59.4 Å². The van der Waals surface area contributed by atoms with Gasteiger partial charge in [0, 0.05) is 43.2 Å². The van der Waals surface area contributed by atoms with Crippen LogP contribution >= 0.6 is 0 Å². The Morgan fingerprint density at radius 2 is 1.53 bits per heavy atom. The summed E-state index contributed by atoms with van der Waals surface area (Å²) in [5.74, 6) is -3.08. The van der Waals surface area contributed by atoms with E-state index in [0.717, 1.165) is 16.0 Å². The normalized spacial score (nSPS) is 16.6. The van der Waals surface area contributed by atoms with Crippen LogP contribution in [0.4, 0.5) is 11.5 Å². The van der Waals surface area contributed by atoms with E-state index in [9.17, 15) is 24.0 Å². The van der Waals surface area contributed by atoms with Crippen molar-refractivity contribution < 1.29 is 33.4 Å². The molecule has 1 aliphatic rings. The van der Waals surface area contributed by atoms with Gasteiger partial charge in [-0.3, -0.25) is 24.0 Å². The lowest BCUT2D eigenvalue weighted by Gasteiger charge is -2.32.